The Labute approximate surface area is 418 Å². The molecule has 2 unspecified atom stereocenters. The minimum Gasteiger partial charge on any atom is -0.466 e. The SMILES string of the molecule is CCCCCCCC/C=C\CCCCCCCC(=O)OCCCC/C=C\CCCCCCCC(=O)NC(CO)C(O)CCCCCCCCCCCCCCCCCCCCCCCCCC. The Morgan fingerprint density at radius 3 is 1.06 bits per heavy atom. The average Bonchev–Trinajstić information content (AvgIpc) is 3.33. The third-order valence-electron chi connectivity index (χ3n) is 14.0. The van der Waals surface area contributed by atoms with E-state index < -0.39 is 12.1 Å². The molecule has 6 nitrogen and oxygen atoms in total. The highest BCUT2D eigenvalue weighted by Gasteiger charge is 2.20. The van der Waals surface area contributed by atoms with Gasteiger partial charge in [0.1, 0.15) is 0 Å². The van der Waals surface area contributed by atoms with Gasteiger partial charge in [-0.25, -0.2) is 0 Å². The van der Waals surface area contributed by atoms with Crippen molar-refractivity contribution in [1.29, 1.82) is 0 Å². The van der Waals surface area contributed by atoms with Gasteiger partial charge >= 0.3 is 5.97 Å². The second-order valence-electron chi connectivity index (χ2n) is 20.7. The molecule has 0 aromatic heterocycles. The number of allylic oxidation sites excluding steroid dienone is 4. The van der Waals surface area contributed by atoms with Crippen LogP contribution in [0.3, 0.4) is 0 Å². The fraction of sp³-hybridized carbons (Fsp3) is 0.902. The zero-order chi connectivity index (χ0) is 48.6. The number of hydrogen-bond acceptors (Lipinski definition) is 5. The maximum Gasteiger partial charge on any atom is 0.305 e. The third kappa shape index (κ3) is 53.5. The Balaban J connectivity index is 3.49. The molecule has 1 amide bonds. The number of aliphatic hydroxyl groups is 2. The molecule has 2 atom stereocenters. The first-order chi connectivity index (χ1) is 33.0. The fourth-order valence-electron chi connectivity index (χ4n) is 9.34. The predicted molar refractivity (Wildman–Crippen MR) is 292 cm³/mol. The molecule has 396 valence electrons. The van der Waals surface area contributed by atoms with Crippen molar-refractivity contribution in [3.63, 3.8) is 0 Å². The van der Waals surface area contributed by atoms with Gasteiger partial charge in [0.05, 0.1) is 25.4 Å². The van der Waals surface area contributed by atoms with E-state index in [0.29, 0.717) is 25.9 Å². The number of carbonyl (C=O) groups is 2. The topological polar surface area (TPSA) is 95.9 Å². The first kappa shape index (κ1) is 65.3. The Hall–Kier alpha value is -1.66. The first-order valence-corrected chi connectivity index (χ1v) is 30.1. The van der Waals surface area contributed by atoms with E-state index in [1.807, 2.05) is 0 Å². The highest BCUT2D eigenvalue weighted by molar-refractivity contribution is 5.76. The van der Waals surface area contributed by atoms with Crippen LogP contribution in [0.25, 0.3) is 0 Å². The van der Waals surface area contributed by atoms with Gasteiger partial charge in [0, 0.05) is 12.8 Å². The standard InChI is InChI=1S/C61H117NO5/c1-3-5-7-9-11-13-15-17-19-20-21-22-23-24-25-26-27-29-30-33-37-41-45-49-53-59(64)58(57-63)62-60(65)54-50-46-42-38-34-32-36-40-44-48-52-56-67-61(66)55-51-47-43-39-35-31-28-18-16-14-12-10-8-6-4-2/h18,28,36,40,58-59,63-64H,3-17,19-27,29-35,37-39,41-57H2,1-2H3,(H,62,65)/b28-18-,40-36-. The monoisotopic (exact) mass is 944 g/mol. The molecular weight excluding hydrogens is 827 g/mol. The lowest BCUT2D eigenvalue weighted by molar-refractivity contribution is -0.143. The van der Waals surface area contributed by atoms with Crippen LogP contribution >= 0.6 is 0 Å². The molecule has 67 heavy (non-hydrogen) atoms. The number of ether oxygens (including phenoxy) is 1. The molecule has 0 saturated carbocycles. The molecule has 6 heteroatoms. The van der Waals surface area contributed by atoms with Gasteiger partial charge < -0.3 is 20.3 Å². The van der Waals surface area contributed by atoms with Gasteiger partial charge in [0.2, 0.25) is 5.91 Å². The largest absolute Gasteiger partial charge is 0.466 e. The maximum atomic E-state index is 12.5. The van der Waals surface area contributed by atoms with Crippen molar-refractivity contribution >= 4 is 11.9 Å². The van der Waals surface area contributed by atoms with E-state index in [1.54, 1.807) is 0 Å². The van der Waals surface area contributed by atoms with Gasteiger partial charge in [-0.3, -0.25) is 9.59 Å². The molecule has 0 aromatic rings. The summed E-state index contributed by atoms with van der Waals surface area (Å²) < 4.78 is 5.44. The van der Waals surface area contributed by atoms with Crippen molar-refractivity contribution in [2.24, 2.45) is 0 Å². The molecule has 0 radical (unpaired) electrons. The summed E-state index contributed by atoms with van der Waals surface area (Å²) in [6.45, 7) is 4.89. The van der Waals surface area contributed by atoms with Crippen LogP contribution in [0.4, 0.5) is 0 Å². The number of hydrogen-bond donors (Lipinski definition) is 3. The molecule has 0 bridgehead atoms. The van der Waals surface area contributed by atoms with Crippen LogP contribution in [-0.4, -0.2) is 47.4 Å². The molecule has 0 aliphatic carbocycles. The van der Waals surface area contributed by atoms with E-state index in [-0.39, 0.29) is 18.5 Å². The first-order valence-electron chi connectivity index (χ1n) is 30.1. The van der Waals surface area contributed by atoms with Crippen LogP contribution in [0.5, 0.6) is 0 Å². The lowest BCUT2D eigenvalue weighted by Gasteiger charge is -2.22. The van der Waals surface area contributed by atoms with E-state index in [2.05, 4.69) is 43.5 Å². The fourth-order valence-corrected chi connectivity index (χ4v) is 9.34. The molecule has 0 aliphatic rings. The summed E-state index contributed by atoms with van der Waals surface area (Å²) in [6.07, 6.45) is 68.9. The van der Waals surface area contributed by atoms with E-state index in [9.17, 15) is 19.8 Å². The molecule has 0 saturated heterocycles. The lowest BCUT2D eigenvalue weighted by Crippen LogP contribution is -2.45. The Bertz CT molecular complexity index is 1040. The van der Waals surface area contributed by atoms with E-state index in [4.69, 9.17) is 4.74 Å². The maximum absolute atomic E-state index is 12.5. The molecule has 0 aliphatic heterocycles. The summed E-state index contributed by atoms with van der Waals surface area (Å²) in [4.78, 5) is 24.6. The molecule has 0 spiro atoms. The van der Waals surface area contributed by atoms with Crippen LogP contribution < -0.4 is 5.32 Å². The van der Waals surface area contributed by atoms with Crippen molar-refractivity contribution in [3.8, 4) is 0 Å². The number of esters is 1. The van der Waals surface area contributed by atoms with Crippen molar-refractivity contribution in [3.05, 3.63) is 24.3 Å². The van der Waals surface area contributed by atoms with Crippen molar-refractivity contribution in [2.45, 2.75) is 341 Å². The van der Waals surface area contributed by atoms with Crippen LogP contribution in [0, 0.1) is 0 Å². The number of nitrogens with one attached hydrogen (secondary N) is 1. The van der Waals surface area contributed by atoms with E-state index >= 15 is 0 Å². The summed E-state index contributed by atoms with van der Waals surface area (Å²) in [5.74, 6) is -0.0994. The lowest BCUT2D eigenvalue weighted by atomic mass is 10.0. The van der Waals surface area contributed by atoms with Gasteiger partial charge in [-0.1, -0.05) is 263 Å². The second-order valence-corrected chi connectivity index (χ2v) is 20.7. The Morgan fingerprint density at radius 1 is 0.403 bits per heavy atom. The average molecular weight is 945 g/mol. The Kier molecular flexibility index (Phi) is 55.5. The van der Waals surface area contributed by atoms with E-state index in [0.717, 1.165) is 83.5 Å². The van der Waals surface area contributed by atoms with Crippen LogP contribution in [0.15, 0.2) is 24.3 Å². The van der Waals surface area contributed by atoms with Gasteiger partial charge in [0.15, 0.2) is 0 Å². The van der Waals surface area contributed by atoms with Gasteiger partial charge in [-0.05, 0) is 77.0 Å². The summed E-state index contributed by atoms with van der Waals surface area (Å²) in [7, 11) is 0. The number of amides is 1. The second kappa shape index (κ2) is 56.9. The van der Waals surface area contributed by atoms with Crippen LogP contribution in [0.2, 0.25) is 0 Å². The zero-order valence-electron chi connectivity index (χ0n) is 45.1. The number of unbranched alkanes of at least 4 members (excludes halogenated alkanes) is 41. The molecule has 3 N–H and O–H groups in total. The highest BCUT2D eigenvalue weighted by Crippen LogP contribution is 2.17. The van der Waals surface area contributed by atoms with Gasteiger partial charge in [-0.15, -0.1) is 0 Å². The predicted octanol–water partition coefficient (Wildman–Crippen LogP) is 18.6. The number of aliphatic hydroxyl groups excluding tert-OH is 2. The minimum atomic E-state index is -0.684. The van der Waals surface area contributed by atoms with Gasteiger partial charge in [-0.2, -0.15) is 0 Å². The zero-order valence-corrected chi connectivity index (χ0v) is 45.1. The number of carbonyl (C=O) groups excluding carboxylic acids is 2. The van der Waals surface area contributed by atoms with Gasteiger partial charge in [0.25, 0.3) is 0 Å². The summed E-state index contributed by atoms with van der Waals surface area (Å²) in [6, 6.07) is -0.564. The van der Waals surface area contributed by atoms with Crippen molar-refractivity contribution < 1.29 is 24.5 Å². The third-order valence-corrected chi connectivity index (χ3v) is 14.0. The molecular formula is C61H117NO5. The van der Waals surface area contributed by atoms with E-state index in [1.165, 1.54) is 212 Å². The molecule has 0 fully saturated rings. The number of rotatable bonds is 56. The Morgan fingerprint density at radius 2 is 0.701 bits per heavy atom. The molecule has 0 heterocycles. The molecule has 0 rings (SSSR count). The van der Waals surface area contributed by atoms with Crippen molar-refractivity contribution in [1.82, 2.24) is 5.32 Å². The highest BCUT2D eigenvalue weighted by atomic mass is 16.5. The quantitative estimate of drug-likeness (QED) is 0.0321. The summed E-state index contributed by atoms with van der Waals surface area (Å²) >= 11 is 0. The smallest absolute Gasteiger partial charge is 0.305 e. The molecule has 0 aromatic carbocycles. The van der Waals surface area contributed by atoms with Crippen LogP contribution in [0.1, 0.15) is 328 Å². The summed E-state index contributed by atoms with van der Waals surface area (Å²) in [5, 5.41) is 23.3. The normalized spacial score (nSPS) is 12.7. The summed E-state index contributed by atoms with van der Waals surface area (Å²) in [5.41, 5.74) is 0. The van der Waals surface area contributed by atoms with Crippen molar-refractivity contribution in [2.75, 3.05) is 13.2 Å². The van der Waals surface area contributed by atoms with Crippen LogP contribution in [-0.2, 0) is 14.3 Å². The minimum absolute atomic E-state index is 0.0381.